The van der Waals surface area contributed by atoms with Crippen molar-refractivity contribution in [1.82, 2.24) is 19.9 Å². The van der Waals surface area contributed by atoms with Gasteiger partial charge in [0.15, 0.2) is 11.6 Å². The van der Waals surface area contributed by atoms with Crippen LogP contribution in [-0.2, 0) is 9.84 Å². The second-order valence-corrected chi connectivity index (χ2v) is 10.5. The van der Waals surface area contributed by atoms with Crippen molar-refractivity contribution in [2.45, 2.75) is 9.79 Å². The molecule has 1 N–H and O–H groups in total. The fourth-order valence-corrected chi connectivity index (χ4v) is 5.16. The highest BCUT2D eigenvalue weighted by molar-refractivity contribution is 7.91. The molecule has 1 amide bonds. The lowest BCUT2D eigenvalue weighted by molar-refractivity contribution is 0.0827. The molecule has 0 fully saturated rings. The highest BCUT2D eigenvalue weighted by Gasteiger charge is 2.23. The van der Waals surface area contributed by atoms with Gasteiger partial charge in [-0.3, -0.25) is 9.78 Å². The molecule has 2 aromatic heterocycles. The van der Waals surface area contributed by atoms with Crippen LogP contribution in [-0.4, -0.2) is 48.3 Å². The number of aromatic nitrogens is 3. The number of hydrogen-bond donors (Lipinski definition) is 1. The molecule has 0 unspecified atom stereocenters. The fraction of sp³-hybridized carbons (Fsp3) is 0.0714. The predicted molar refractivity (Wildman–Crippen MR) is 140 cm³/mol. The number of ether oxygens (including phenoxy) is 1. The number of para-hydroxylation sites is 1. The summed E-state index contributed by atoms with van der Waals surface area (Å²) in [5.74, 6) is 0.614. The molecule has 0 aliphatic rings. The highest BCUT2D eigenvalue weighted by atomic mass is 32.2. The van der Waals surface area contributed by atoms with Crippen molar-refractivity contribution in [3.63, 3.8) is 0 Å². The number of nitriles is 1. The standard InChI is InChI=1S/C28H21N5O4S/c1-33(2)28(34)18-10-12-20(13-11-18)38(35,36)21-15-23-26(32-27(31-23)22-8-5-6-14-30-22)25(16-21)37-24-9-4-3-7-19(24)17-29/h3-16H,1-2H3,(H,31,32). The minimum absolute atomic E-state index is 0.0139. The van der Waals surface area contributed by atoms with Crippen molar-refractivity contribution in [2.24, 2.45) is 0 Å². The quantitative estimate of drug-likeness (QED) is 0.338. The molecule has 9 nitrogen and oxygen atoms in total. The van der Waals surface area contributed by atoms with Crippen molar-refractivity contribution in [3.8, 4) is 29.1 Å². The highest BCUT2D eigenvalue weighted by Crippen LogP contribution is 2.36. The van der Waals surface area contributed by atoms with E-state index in [2.05, 4.69) is 21.0 Å². The van der Waals surface area contributed by atoms with Gasteiger partial charge in [0.25, 0.3) is 5.91 Å². The van der Waals surface area contributed by atoms with Gasteiger partial charge in [-0.1, -0.05) is 18.2 Å². The summed E-state index contributed by atoms with van der Waals surface area (Å²) in [5, 5.41) is 9.51. The summed E-state index contributed by atoms with van der Waals surface area (Å²) in [7, 11) is -0.767. The normalized spacial score (nSPS) is 11.2. The first-order valence-corrected chi connectivity index (χ1v) is 12.9. The van der Waals surface area contributed by atoms with E-state index in [0.717, 1.165) is 0 Å². The zero-order chi connectivity index (χ0) is 26.9. The molecule has 0 spiro atoms. The smallest absolute Gasteiger partial charge is 0.253 e. The van der Waals surface area contributed by atoms with Crippen LogP contribution in [0.1, 0.15) is 15.9 Å². The second kappa shape index (κ2) is 9.80. The van der Waals surface area contributed by atoms with Crippen molar-refractivity contribution >= 4 is 26.8 Å². The zero-order valence-corrected chi connectivity index (χ0v) is 21.2. The zero-order valence-electron chi connectivity index (χ0n) is 20.4. The predicted octanol–water partition coefficient (Wildman–Crippen LogP) is 4.82. The summed E-state index contributed by atoms with van der Waals surface area (Å²) in [6.45, 7) is 0. The molecule has 0 bridgehead atoms. The summed E-state index contributed by atoms with van der Waals surface area (Å²) < 4.78 is 33.4. The number of imidazole rings is 1. The van der Waals surface area contributed by atoms with Crippen molar-refractivity contribution in [1.29, 1.82) is 5.26 Å². The van der Waals surface area contributed by atoms with E-state index in [1.807, 2.05) is 6.07 Å². The van der Waals surface area contributed by atoms with E-state index < -0.39 is 9.84 Å². The van der Waals surface area contributed by atoms with E-state index >= 15 is 0 Å². The summed E-state index contributed by atoms with van der Waals surface area (Å²) in [6.07, 6.45) is 1.63. The third kappa shape index (κ3) is 4.58. The lowest BCUT2D eigenvalue weighted by Gasteiger charge is -2.12. The first-order valence-electron chi connectivity index (χ1n) is 11.5. The maximum absolute atomic E-state index is 13.6. The SMILES string of the molecule is CN(C)C(=O)c1ccc(S(=O)(=O)c2cc(Oc3ccccc3C#N)c3nc(-c4ccccn4)[nH]c3c2)cc1. The van der Waals surface area contributed by atoms with Crippen LogP contribution in [0.5, 0.6) is 11.5 Å². The van der Waals surface area contributed by atoms with Gasteiger partial charge >= 0.3 is 0 Å². The van der Waals surface area contributed by atoms with Crippen molar-refractivity contribution < 1.29 is 17.9 Å². The summed E-state index contributed by atoms with van der Waals surface area (Å²) in [4.78, 5) is 25.7. The Balaban J connectivity index is 1.65. The van der Waals surface area contributed by atoms with Gasteiger partial charge in [0.2, 0.25) is 9.84 Å². The Morgan fingerprint density at radius 3 is 2.37 bits per heavy atom. The lowest BCUT2D eigenvalue weighted by atomic mass is 10.2. The van der Waals surface area contributed by atoms with Crippen molar-refractivity contribution in [3.05, 3.63) is 96.2 Å². The molecular formula is C28H21N5O4S. The van der Waals surface area contributed by atoms with Gasteiger partial charge in [-0.2, -0.15) is 5.26 Å². The van der Waals surface area contributed by atoms with Gasteiger partial charge < -0.3 is 14.6 Å². The molecule has 0 aliphatic heterocycles. The van der Waals surface area contributed by atoms with Gasteiger partial charge in [-0.05, 0) is 54.6 Å². The summed E-state index contributed by atoms with van der Waals surface area (Å²) in [6, 6.07) is 22.7. The van der Waals surface area contributed by atoms with E-state index in [1.165, 1.54) is 41.3 Å². The number of benzene rings is 3. The molecule has 3 aromatic carbocycles. The Labute approximate surface area is 218 Å². The molecule has 0 atom stereocenters. The number of amides is 1. The van der Waals surface area contributed by atoms with Gasteiger partial charge in [0.05, 0.1) is 20.9 Å². The van der Waals surface area contributed by atoms with Crippen LogP contribution in [0.2, 0.25) is 0 Å². The number of rotatable bonds is 6. The molecule has 0 radical (unpaired) electrons. The number of pyridine rings is 1. The number of hydrogen-bond acceptors (Lipinski definition) is 7. The molecule has 188 valence electrons. The Kier molecular flexibility index (Phi) is 6.36. The van der Waals surface area contributed by atoms with E-state index in [1.54, 1.807) is 56.7 Å². The number of sulfone groups is 1. The first kappa shape index (κ1) is 24.7. The Morgan fingerprint density at radius 1 is 0.947 bits per heavy atom. The van der Waals surface area contributed by atoms with Crippen LogP contribution in [0.4, 0.5) is 0 Å². The maximum atomic E-state index is 13.6. The first-order chi connectivity index (χ1) is 18.3. The average molecular weight is 524 g/mol. The topological polar surface area (TPSA) is 129 Å². The van der Waals surface area contributed by atoms with Gasteiger partial charge in [0.1, 0.15) is 23.0 Å². The monoisotopic (exact) mass is 523 g/mol. The maximum Gasteiger partial charge on any atom is 0.253 e. The van der Waals surface area contributed by atoms with Gasteiger partial charge in [0, 0.05) is 31.9 Å². The van der Waals surface area contributed by atoms with Gasteiger partial charge in [-0.15, -0.1) is 0 Å². The number of nitrogens with zero attached hydrogens (tertiary/aromatic N) is 4. The van der Waals surface area contributed by atoms with Crippen LogP contribution in [0.3, 0.4) is 0 Å². The molecule has 2 heterocycles. The largest absolute Gasteiger partial charge is 0.454 e. The molecule has 0 saturated heterocycles. The third-order valence-corrected chi connectivity index (χ3v) is 7.54. The Bertz CT molecular complexity index is 1810. The molecule has 0 aliphatic carbocycles. The Morgan fingerprint density at radius 2 is 1.68 bits per heavy atom. The molecule has 5 rings (SSSR count). The third-order valence-electron chi connectivity index (χ3n) is 5.79. The number of carbonyl (C=O) groups excluding carboxylic acids is 1. The van der Waals surface area contributed by atoms with E-state index in [9.17, 15) is 18.5 Å². The van der Waals surface area contributed by atoms with Crippen LogP contribution in [0.15, 0.2) is 94.9 Å². The summed E-state index contributed by atoms with van der Waals surface area (Å²) in [5.41, 5.74) is 2.02. The molecular weight excluding hydrogens is 502 g/mol. The minimum Gasteiger partial charge on any atom is -0.454 e. The number of fused-ring (bicyclic) bond motifs is 1. The van der Waals surface area contributed by atoms with Crippen LogP contribution >= 0.6 is 0 Å². The number of carbonyl (C=O) groups is 1. The minimum atomic E-state index is -4.01. The van der Waals surface area contributed by atoms with Crippen molar-refractivity contribution in [2.75, 3.05) is 14.1 Å². The number of aromatic amines is 1. The van der Waals surface area contributed by atoms with E-state index in [-0.39, 0.29) is 32.8 Å². The van der Waals surface area contributed by atoms with E-state index in [4.69, 9.17) is 4.74 Å². The van der Waals surface area contributed by atoms with Gasteiger partial charge in [-0.25, -0.2) is 13.4 Å². The van der Waals surface area contributed by atoms with Crippen LogP contribution in [0, 0.1) is 11.3 Å². The molecule has 5 aromatic rings. The van der Waals surface area contributed by atoms with Crippen LogP contribution < -0.4 is 4.74 Å². The fourth-order valence-electron chi connectivity index (χ4n) is 3.86. The van der Waals surface area contributed by atoms with Crippen LogP contribution in [0.25, 0.3) is 22.6 Å². The molecule has 38 heavy (non-hydrogen) atoms. The Hall–Kier alpha value is -5.01. The summed E-state index contributed by atoms with van der Waals surface area (Å²) >= 11 is 0. The lowest BCUT2D eigenvalue weighted by Crippen LogP contribution is -2.21. The second-order valence-electron chi connectivity index (χ2n) is 8.56. The van der Waals surface area contributed by atoms with E-state index in [0.29, 0.717) is 28.1 Å². The number of H-pyrrole nitrogens is 1. The molecule has 0 saturated carbocycles. The number of nitrogens with one attached hydrogen (secondary N) is 1. The molecule has 10 heteroatoms. The average Bonchev–Trinajstić information content (AvgIpc) is 3.38.